The van der Waals surface area contributed by atoms with Crippen LogP contribution < -0.4 is 0 Å². The van der Waals surface area contributed by atoms with Crippen molar-refractivity contribution in [2.45, 2.75) is 38.8 Å². The van der Waals surface area contributed by atoms with Crippen molar-refractivity contribution < 1.29 is 18.7 Å². The van der Waals surface area contributed by atoms with Gasteiger partial charge >= 0.3 is 6.09 Å². The molecular weight excluding hydrogens is 261 g/mol. The monoisotopic (exact) mass is 281 g/mol. The van der Waals surface area contributed by atoms with Gasteiger partial charge in [0.1, 0.15) is 23.2 Å². The van der Waals surface area contributed by atoms with E-state index in [1.165, 1.54) is 36.2 Å². The fourth-order valence-corrected chi connectivity index (χ4v) is 1.65. The summed E-state index contributed by atoms with van der Waals surface area (Å²) in [6, 6.07) is 5.45. The smallest absolute Gasteiger partial charge is 0.411 e. The summed E-state index contributed by atoms with van der Waals surface area (Å²) in [7, 11) is 1.48. The summed E-state index contributed by atoms with van der Waals surface area (Å²) in [5.41, 5.74) is -1.35. The molecule has 0 spiro atoms. The zero-order valence-corrected chi connectivity index (χ0v) is 12.4. The van der Waals surface area contributed by atoms with Crippen molar-refractivity contribution in [3.63, 3.8) is 0 Å². The maximum atomic E-state index is 13.0. The van der Waals surface area contributed by atoms with Gasteiger partial charge in [-0.1, -0.05) is 12.1 Å². The van der Waals surface area contributed by atoms with Crippen molar-refractivity contribution in [3.05, 3.63) is 35.6 Å². The van der Waals surface area contributed by atoms with Gasteiger partial charge in [0.25, 0.3) is 0 Å². The summed E-state index contributed by atoms with van der Waals surface area (Å²) in [5.74, 6) is -0.401. The Morgan fingerprint density at radius 2 is 1.70 bits per heavy atom. The summed E-state index contributed by atoms with van der Waals surface area (Å²) in [4.78, 5) is 24.8. The molecule has 0 aliphatic rings. The minimum atomic E-state index is -1.21. The van der Waals surface area contributed by atoms with Gasteiger partial charge in [0.2, 0.25) is 0 Å². The predicted molar refractivity (Wildman–Crippen MR) is 73.8 cm³/mol. The Morgan fingerprint density at radius 1 is 1.20 bits per heavy atom. The lowest BCUT2D eigenvalue weighted by molar-refractivity contribution is -0.117. The van der Waals surface area contributed by atoms with E-state index in [9.17, 15) is 14.0 Å². The van der Waals surface area contributed by atoms with Crippen LogP contribution in [0.3, 0.4) is 0 Å². The molecule has 0 radical (unpaired) electrons. The van der Waals surface area contributed by atoms with Crippen molar-refractivity contribution in [2.24, 2.45) is 0 Å². The van der Waals surface area contributed by atoms with Gasteiger partial charge in [0.15, 0.2) is 0 Å². The molecule has 0 saturated heterocycles. The molecule has 0 aromatic heterocycles. The van der Waals surface area contributed by atoms with Crippen LogP contribution in [0.25, 0.3) is 0 Å². The number of ether oxygens (including phenoxy) is 1. The van der Waals surface area contributed by atoms with Crippen LogP contribution in [0.5, 0.6) is 0 Å². The number of amides is 1. The molecule has 0 heterocycles. The first-order valence-corrected chi connectivity index (χ1v) is 6.29. The van der Waals surface area contributed by atoms with Crippen LogP contribution in [0.15, 0.2) is 24.3 Å². The third-order valence-corrected chi connectivity index (χ3v) is 3.02. The maximum absolute atomic E-state index is 13.0. The maximum Gasteiger partial charge on any atom is 0.411 e. The van der Waals surface area contributed by atoms with E-state index in [1.807, 2.05) is 0 Å². The minimum absolute atomic E-state index is 0.401. The number of hydrogen-bond acceptors (Lipinski definition) is 3. The molecule has 0 N–H and O–H groups in total. The largest absolute Gasteiger partial charge is 0.444 e. The topological polar surface area (TPSA) is 46.6 Å². The number of hydrogen-bond donors (Lipinski definition) is 0. The van der Waals surface area contributed by atoms with Crippen LogP contribution in [-0.2, 0) is 15.1 Å². The van der Waals surface area contributed by atoms with Gasteiger partial charge in [-0.25, -0.2) is 9.18 Å². The van der Waals surface area contributed by atoms with Crippen molar-refractivity contribution in [1.82, 2.24) is 4.90 Å². The average molecular weight is 281 g/mol. The van der Waals surface area contributed by atoms with Crippen LogP contribution in [0.1, 0.15) is 33.3 Å². The molecule has 1 aromatic carbocycles. The summed E-state index contributed by atoms with van der Waals surface area (Å²) < 4.78 is 18.2. The first-order valence-electron chi connectivity index (χ1n) is 6.29. The number of likely N-dealkylation sites (N-methyl/N-ethyl adjacent to an activating group) is 1. The molecule has 4 nitrogen and oxygen atoms in total. The number of aldehydes is 1. The summed E-state index contributed by atoms with van der Waals surface area (Å²) >= 11 is 0. The second-order valence-electron chi connectivity index (χ2n) is 5.81. The highest BCUT2D eigenvalue weighted by Crippen LogP contribution is 2.26. The van der Waals surface area contributed by atoms with E-state index >= 15 is 0 Å². The third kappa shape index (κ3) is 3.56. The van der Waals surface area contributed by atoms with Crippen LogP contribution in [0, 0.1) is 5.82 Å². The van der Waals surface area contributed by atoms with Crippen molar-refractivity contribution in [3.8, 4) is 0 Å². The molecule has 1 unspecified atom stereocenters. The normalized spacial score (nSPS) is 14.3. The second-order valence-corrected chi connectivity index (χ2v) is 5.81. The van der Waals surface area contributed by atoms with E-state index in [1.54, 1.807) is 27.7 Å². The predicted octanol–water partition coefficient (Wildman–Crippen LogP) is 3.11. The van der Waals surface area contributed by atoms with Gasteiger partial charge in [-0.3, -0.25) is 4.90 Å². The Hall–Kier alpha value is -1.91. The highest BCUT2D eigenvalue weighted by Gasteiger charge is 2.36. The van der Waals surface area contributed by atoms with Crippen molar-refractivity contribution in [1.29, 1.82) is 0 Å². The quantitative estimate of drug-likeness (QED) is 0.800. The first kappa shape index (κ1) is 16.1. The Balaban J connectivity index is 3.07. The van der Waals surface area contributed by atoms with Gasteiger partial charge in [0, 0.05) is 7.05 Å². The molecule has 1 amide bonds. The van der Waals surface area contributed by atoms with Gasteiger partial charge in [-0.2, -0.15) is 0 Å². The molecule has 110 valence electrons. The molecule has 1 rings (SSSR count). The minimum Gasteiger partial charge on any atom is -0.444 e. The molecule has 0 fully saturated rings. The van der Waals surface area contributed by atoms with Gasteiger partial charge < -0.3 is 9.53 Å². The lowest BCUT2D eigenvalue weighted by atomic mass is 9.92. The second kappa shape index (κ2) is 5.61. The number of rotatable bonds is 3. The summed E-state index contributed by atoms with van der Waals surface area (Å²) in [5, 5.41) is 0. The van der Waals surface area contributed by atoms with E-state index in [0.29, 0.717) is 11.8 Å². The number of benzene rings is 1. The average Bonchev–Trinajstić information content (AvgIpc) is 2.35. The summed E-state index contributed by atoms with van der Waals surface area (Å²) in [6.07, 6.45) is 0.0286. The molecule has 0 aliphatic heterocycles. The zero-order valence-electron chi connectivity index (χ0n) is 12.4. The van der Waals surface area contributed by atoms with E-state index < -0.39 is 23.1 Å². The number of carbonyl (C=O) groups excluding carboxylic acids is 2. The van der Waals surface area contributed by atoms with E-state index in [4.69, 9.17) is 4.74 Å². The third-order valence-electron chi connectivity index (χ3n) is 3.02. The van der Waals surface area contributed by atoms with E-state index in [-0.39, 0.29) is 0 Å². The Kier molecular flexibility index (Phi) is 4.53. The van der Waals surface area contributed by atoms with Gasteiger partial charge in [-0.05, 0) is 45.4 Å². The van der Waals surface area contributed by atoms with Crippen molar-refractivity contribution in [2.75, 3.05) is 7.05 Å². The zero-order chi connectivity index (χ0) is 15.6. The van der Waals surface area contributed by atoms with Crippen LogP contribution in [-0.4, -0.2) is 29.9 Å². The highest BCUT2D eigenvalue weighted by atomic mass is 19.1. The highest BCUT2D eigenvalue weighted by molar-refractivity contribution is 5.77. The van der Waals surface area contributed by atoms with Crippen molar-refractivity contribution >= 4 is 12.4 Å². The van der Waals surface area contributed by atoms with E-state index in [0.717, 1.165) is 0 Å². The number of halogens is 1. The van der Waals surface area contributed by atoms with E-state index in [2.05, 4.69) is 0 Å². The van der Waals surface area contributed by atoms with Gasteiger partial charge in [0.05, 0.1) is 0 Å². The fourth-order valence-electron chi connectivity index (χ4n) is 1.65. The molecule has 0 aliphatic carbocycles. The van der Waals surface area contributed by atoms with Crippen LogP contribution in [0.2, 0.25) is 0 Å². The number of nitrogens with zero attached hydrogens (tertiary/aromatic N) is 1. The molecule has 5 heteroatoms. The standard InChI is InChI=1S/C15H20FNO3/c1-14(2,3)20-13(19)17(5)15(4,10-18)11-6-8-12(16)9-7-11/h6-10H,1-5H3. The molecule has 0 bridgehead atoms. The molecule has 0 saturated carbocycles. The molecule has 1 aromatic rings. The lowest BCUT2D eigenvalue weighted by Crippen LogP contribution is -2.48. The van der Waals surface area contributed by atoms with Gasteiger partial charge in [-0.15, -0.1) is 0 Å². The Morgan fingerprint density at radius 3 is 2.10 bits per heavy atom. The molecular formula is C15H20FNO3. The molecule has 20 heavy (non-hydrogen) atoms. The Labute approximate surface area is 118 Å². The summed E-state index contributed by atoms with van der Waals surface area (Å²) in [6.45, 7) is 6.82. The SMILES string of the molecule is CN(C(=O)OC(C)(C)C)C(C)(C=O)c1ccc(F)cc1. The Bertz CT molecular complexity index is 493. The lowest BCUT2D eigenvalue weighted by Gasteiger charge is -2.35. The van der Waals surface area contributed by atoms with Crippen LogP contribution in [0.4, 0.5) is 9.18 Å². The first-order chi connectivity index (χ1) is 9.10. The number of carbonyl (C=O) groups is 2. The fraction of sp³-hybridized carbons (Fsp3) is 0.467. The molecule has 1 atom stereocenters. The van der Waals surface area contributed by atoms with Crippen LogP contribution >= 0.6 is 0 Å².